The highest BCUT2D eigenvalue weighted by atomic mass is 32.2. The van der Waals surface area contributed by atoms with Crippen molar-refractivity contribution in [1.29, 1.82) is 0 Å². The van der Waals surface area contributed by atoms with Gasteiger partial charge in [-0.05, 0) is 71.7 Å². The molecule has 1 aromatic heterocycles. The summed E-state index contributed by atoms with van der Waals surface area (Å²) in [5.41, 5.74) is 6.54. The maximum atomic E-state index is 16.0. The zero-order chi connectivity index (χ0) is 30.2. The summed E-state index contributed by atoms with van der Waals surface area (Å²) >= 11 is 1.61. The van der Waals surface area contributed by atoms with Gasteiger partial charge in [0.1, 0.15) is 11.9 Å². The van der Waals surface area contributed by atoms with E-state index in [-0.39, 0.29) is 12.2 Å². The van der Waals surface area contributed by atoms with E-state index in [1.807, 2.05) is 30.4 Å². The summed E-state index contributed by atoms with van der Waals surface area (Å²) in [4.78, 5) is 19.1. The summed E-state index contributed by atoms with van der Waals surface area (Å²) in [6.07, 6.45) is 5.06. The number of carbonyl (C=O) groups excluding carboxylic acids is 1. The Bertz CT molecular complexity index is 1670. The Morgan fingerprint density at radius 1 is 0.977 bits per heavy atom. The summed E-state index contributed by atoms with van der Waals surface area (Å²) < 4.78 is 21.5. The average molecular weight is 596 g/mol. The molecule has 2 atom stereocenters. The Labute approximate surface area is 257 Å². The van der Waals surface area contributed by atoms with Crippen LogP contribution in [0.1, 0.15) is 93.5 Å². The van der Waals surface area contributed by atoms with Crippen molar-refractivity contribution in [3.05, 3.63) is 94.9 Å². The third kappa shape index (κ3) is 6.56. The number of aliphatic hydroxyl groups is 1. The fourth-order valence-corrected chi connectivity index (χ4v) is 6.73. The number of benzene rings is 3. The molecular weight excluding hydrogens is 557 g/mol. The molecule has 2 aliphatic rings. The van der Waals surface area contributed by atoms with Crippen LogP contribution in [0, 0.1) is 5.82 Å². The van der Waals surface area contributed by atoms with Gasteiger partial charge in [0.2, 0.25) is 0 Å². The van der Waals surface area contributed by atoms with Gasteiger partial charge in [0, 0.05) is 38.6 Å². The number of cyclic esters (lactones) is 1. The molecule has 3 aromatic carbocycles. The van der Waals surface area contributed by atoms with Gasteiger partial charge in [0.05, 0.1) is 23.7 Å². The van der Waals surface area contributed by atoms with E-state index in [0.717, 1.165) is 50.4 Å². The van der Waals surface area contributed by atoms with Gasteiger partial charge in [0.25, 0.3) is 0 Å². The van der Waals surface area contributed by atoms with Gasteiger partial charge >= 0.3 is 5.97 Å². The standard InChI is InChI=1S/C37H38FNO3S/c1-21(2)23-5-7-25(8-6-23)31-20-34-32(19-33(31)38)37(43-29-14-11-24(12-15-29)22(3)4)30(36(39-34)26-9-10-26)16-13-28-17-27(40)18-35(41)42-28/h5-8,11-16,19-22,26-28,40H,9-10,17-18H2,1-4H3/b16-13+/t27-,28-/m1/s1. The molecule has 0 unspecified atom stereocenters. The van der Waals surface area contributed by atoms with Crippen LogP contribution in [0.3, 0.4) is 0 Å². The van der Waals surface area contributed by atoms with Crippen LogP contribution in [-0.4, -0.2) is 28.3 Å². The predicted molar refractivity (Wildman–Crippen MR) is 172 cm³/mol. The molecule has 2 heterocycles. The highest BCUT2D eigenvalue weighted by Crippen LogP contribution is 2.47. The highest BCUT2D eigenvalue weighted by molar-refractivity contribution is 7.99. The Morgan fingerprint density at radius 3 is 2.23 bits per heavy atom. The maximum Gasteiger partial charge on any atom is 0.309 e. The lowest BCUT2D eigenvalue weighted by Gasteiger charge is -2.23. The first-order valence-corrected chi connectivity index (χ1v) is 16.1. The third-order valence-corrected chi connectivity index (χ3v) is 9.53. The lowest BCUT2D eigenvalue weighted by Crippen LogP contribution is -2.31. The van der Waals surface area contributed by atoms with Crippen molar-refractivity contribution in [3.63, 3.8) is 0 Å². The largest absolute Gasteiger partial charge is 0.458 e. The molecule has 1 aliphatic heterocycles. The van der Waals surface area contributed by atoms with Crippen molar-refractivity contribution in [3.8, 4) is 11.1 Å². The molecule has 6 heteroatoms. The van der Waals surface area contributed by atoms with Crippen molar-refractivity contribution in [1.82, 2.24) is 4.98 Å². The predicted octanol–water partition coefficient (Wildman–Crippen LogP) is 9.40. The molecule has 4 nitrogen and oxygen atoms in total. The van der Waals surface area contributed by atoms with Crippen LogP contribution in [0.25, 0.3) is 28.1 Å². The number of carbonyl (C=O) groups is 1. The number of aromatic nitrogens is 1. The first-order chi connectivity index (χ1) is 20.7. The highest BCUT2D eigenvalue weighted by Gasteiger charge is 2.31. The molecule has 43 heavy (non-hydrogen) atoms. The lowest BCUT2D eigenvalue weighted by molar-refractivity contribution is -0.156. The van der Waals surface area contributed by atoms with Crippen molar-refractivity contribution < 1.29 is 19.0 Å². The van der Waals surface area contributed by atoms with E-state index in [1.165, 1.54) is 11.1 Å². The first-order valence-electron chi connectivity index (χ1n) is 15.3. The fraction of sp³-hybridized carbons (Fsp3) is 0.351. The Hall–Kier alpha value is -3.48. The van der Waals surface area contributed by atoms with E-state index in [4.69, 9.17) is 9.72 Å². The molecule has 0 spiro atoms. The van der Waals surface area contributed by atoms with Crippen LogP contribution in [-0.2, 0) is 9.53 Å². The van der Waals surface area contributed by atoms with Gasteiger partial charge in [-0.2, -0.15) is 0 Å². The minimum atomic E-state index is -0.719. The van der Waals surface area contributed by atoms with E-state index < -0.39 is 18.2 Å². The number of hydrogen-bond donors (Lipinski definition) is 1. The van der Waals surface area contributed by atoms with Gasteiger partial charge in [-0.3, -0.25) is 9.78 Å². The van der Waals surface area contributed by atoms with Crippen LogP contribution in [0.15, 0.2) is 76.5 Å². The summed E-state index contributed by atoms with van der Waals surface area (Å²) in [6, 6.07) is 20.2. The number of nitrogens with zero attached hydrogens (tertiary/aromatic N) is 1. The fourth-order valence-electron chi connectivity index (χ4n) is 5.66. The van der Waals surface area contributed by atoms with E-state index in [9.17, 15) is 9.90 Å². The molecule has 1 N–H and O–H groups in total. The van der Waals surface area contributed by atoms with Crippen LogP contribution in [0.4, 0.5) is 4.39 Å². The lowest BCUT2D eigenvalue weighted by atomic mass is 9.97. The van der Waals surface area contributed by atoms with Gasteiger partial charge < -0.3 is 9.84 Å². The number of fused-ring (bicyclic) bond motifs is 1. The molecule has 1 saturated carbocycles. The summed E-state index contributed by atoms with van der Waals surface area (Å²) in [7, 11) is 0. The summed E-state index contributed by atoms with van der Waals surface area (Å²) in [6.45, 7) is 8.65. The minimum absolute atomic E-state index is 0.0183. The quantitative estimate of drug-likeness (QED) is 0.206. The molecule has 0 bridgehead atoms. The van der Waals surface area contributed by atoms with E-state index in [0.29, 0.717) is 29.7 Å². The molecule has 6 rings (SSSR count). The maximum absolute atomic E-state index is 16.0. The zero-order valence-electron chi connectivity index (χ0n) is 25.1. The Balaban J connectivity index is 1.49. The van der Waals surface area contributed by atoms with Crippen LogP contribution in [0.2, 0.25) is 0 Å². The normalized spacial score (nSPS) is 19.1. The number of halogens is 1. The van der Waals surface area contributed by atoms with Crippen molar-refractivity contribution in [2.24, 2.45) is 0 Å². The average Bonchev–Trinajstić information content (AvgIpc) is 3.82. The van der Waals surface area contributed by atoms with Crippen molar-refractivity contribution in [2.45, 2.75) is 93.1 Å². The van der Waals surface area contributed by atoms with Crippen LogP contribution in [0.5, 0.6) is 0 Å². The number of ether oxygens (including phenoxy) is 1. The van der Waals surface area contributed by atoms with Crippen LogP contribution < -0.4 is 0 Å². The van der Waals surface area contributed by atoms with Gasteiger partial charge in [-0.15, -0.1) is 0 Å². The number of aliphatic hydroxyl groups excluding tert-OH is 1. The minimum Gasteiger partial charge on any atom is -0.458 e. The van der Waals surface area contributed by atoms with Gasteiger partial charge in [-0.1, -0.05) is 81.9 Å². The molecule has 0 amide bonds. The van der Waals surface area contributed by atoms with Gasteiger partial charge in [-0.25, -0.2) is 4.39 Å². The van der Waals surface area contributed by atoms with Crippen molar-refractivity contribution in [2.75, 3.05) is 0 Å². The second-order valence-electron chi connectivity index (χ2n) is 12.4. The number of hydrogen-bond acceptors (Lipinski definition) is 5. The Morgan fingerprint density at radius 2 is 1.63 bits per heavy atom. The SMILES string of the molecule is CC(C)c1ccc(Sc2c(/C=C/[C@@H]3C[C@@H](O)CC(=O)O3)c(C3CC3)nc3cc(-c4ccc(C(C)C)cc4)c(F)cc23)cc1. The zero-order valence-corrected chi connectivity index (χ0v) is 26.0. The topological polar surface area (TPSA) is 59.4 Å². The second-order valence-corrected chi connectivity index (χ2v) is 13.5. The van der Waals surface area contributed by atoms with E-state index >= 15 is 4.39 Å². The third-order valence-electron chi connectivity index (χ3n) is 8.38. The molecule has 1 saturated heterocycles. The number of rotatable bonds is 8. The summed E-state index contributed by atoms with van der Waals surface area (Å²) in [5.74, 6) is 0.464. The molecule has 4 aromatic rings. The second kappa shape index (κ2) is 12.3. The summed E-state index contributed by atoms with van der Waals surface area (Å²) in [5, 5.41) is 10.9. The molecule has 222 valence electrons. The van der Waals surface area contributed by atoms with Gasteiger partial charge in [0.15, 0.2) is 0 Å². The molecular formula is C37H38FNO3S. The van der Waals surface area contributed by atoms with Crippen LogP contribution >= 0.6 is 11.8 Å². The smallest absolute Gasteiger partial charge is 0.309 e. The van der Waals surface area contributed by atoms with E-state index in [2.05, 4.69) is 64.1 Å². The Kier molecular flexibility index (Phi) is 8.43. The van der Waals surface area contributed by atoms with Crippen molar-refractivity contribution >= 4 is 34.7 Å². The molecule has 0 radical (unpaired) electrons. The molecule has 2 fully saturated rings. The first kappa shape index (κ1) is 29.6. The monoisotopic (exact) mass is 595 g/mol. The number of pyridine rings is 1. The van der Waals surface area contributed by atoms with E-state index in [1.54, 1.807) is 17.8 Å². The number of esters is 1. The molecule has 1 aliphatic carbocycles.